The number of hydrogen-bond donors (Lipinski definition) is 2. The van der Waals surface area contributed by atoms with Crippen molar-refractivity contribution in [3.05, 3.63) is 66.9 Å². The predicted molar refractivity (Wildman–Crippen MR) is 126 cm³/mol. The zero-order valence-electron chi connectivity index (χ0n) is 18.8. The minimum absolute atomic E-state index is 0.132. The van der Waals surface area contributed by atoms with Gasteiger partial charge in [0.05, 0.1) is 30.4 Å². The molecule has 1 aliphatic heterocycles. The lowest BCUT2D eigenvalue weighted by Gasteiger charge is -2.36. The first-order chi connectivity index (χ1) is 16.0. The predicted octanol–water partition coefficient (Wildman–Crippen LogP) is 3.17. The summed E-state index contributed by atoms with van der Waals surface area (Å²) in [5, 5.41) is 5.70. The summed E-state index contributed by atoms with van der Waals surface area (Å²) in [4.78, 5) is 35.6. The van der Waals surface area contributed by atoms with Crippen LogP contribution < -0.4 is 15.5 Å². The van der Waals surface area contributed by atoms with Crippen molar-refractivity contribution in [3.8, 4) is 0 Å². The maximum absolute atomic E-state index is 12.7. The Bertz CT molecular complexity index is 1070. The fourth-order valence-electron chi connectivity index (χ4n) is 3.83. The van der Waals surface area contributed by atoms with Gasteiger partial charge in [-0.15, -0.1) is 0 Å². The Kier molecular flexibility index (Phi) is 6.99. The highest BCUT2D eigenvalue weighted by molar-refractivity contribution is 6.05. The van der Waals surface area contributed by atoms with Crippen molar-refractivity contribution in [1.29, 1.82) is 0 Å². The van der Waals surface area contributed by atoms with Crippen molar-refractivity contribution < 1.29 is 14.3 Å². The van der Waals surface area contributed by atoms with Crippen LogP contribution in [0.5, 0.6) is 0 Å². The van der Waals surface area contributed by atoms with Gasteiger partial charge in [-0.05, 0) is 44.2 Å². The molecule has 1 saturated heterocycles. The number of amides is 2. The Morgan fingerprint density at radius 1 is 1.09 bits per heavy atom. The summed E-state index contributed by atoms with van der Waals surface area (Å²) in [7, 11) is 0. The molecule has 2 unspecified atom stereocenters. The third-order valence-electron chi connectivity index (χ3n) is 5.31. The van der Waals surface area contributed by atoms with Crippen LogP contribution in [0.1, 0.15) is 30.6 Å². The number of benzene rings is 1. The number of pyridine rings is 1. The van der Waals surface area contributed by atoms with Crippen LogP contribution in [0.3, 0.4) is 0 Å². The second kappa shape index (κ2) is 10.3. The molecule has 2 aromatic heterocycles. The minimum atomic E-state index is -0.271. The van der Waals surface area contributed by atoms with Gasteiger partial charge in [-0.2, -0.15) is 0 Å². The minimum Gasteiger partial charge on any atom is -0.372 e. The number of hydrogen-bond acceptors (Lipinski definition) is 6. The van der Waals surface area contributed by atoms with Crippen molar-refractivity contribution >= 4 is 29.0 Å². The average Bonchev–Trinajstić information content (AvgIpc) is 3.31. The molecule has 0 bridgehead atoms. The molecule has 0 saturated carbocycles. The first-order valence-electron chi connectivity index (χ1n) is 11.0. The van der Waals surface area contributed by atoms with Crippen LogP contribution in [0.2, 0.25) is 0 Å². The van der Waals surface area contributed by atoms with Crippen LogP contribution in [0.4, 0.5) is 17.2 Å². The Balaban J connectivity index is 1.33. The van der Waals surface area contributed by atoms with Gasteiger partial charge in [0.2, 0.25) is 5.91 Å². The Morgan fingerprint density at radius 3 is 2.61 bits per heavy atom. The number of nitrogens with zero attached hydrogens (tertiary/aromatic N) is 4. The summed E-state index contributed by atoms with van der Waals surface area (Å²) in [5.41, 5.74) is 1.62. The molecule has 9 nitrogen and oxygen atoms in total. The highest BCUT2D eigenvalue weighted by Crippen LogP contribution is 2.20. The van der Waals surface area contributed by atoms with E-state index in [-0.39, 0.29) is 24.0 Å². The zero-order valence-corrected chi connectivity index (χ0v) is 18.8. The monoisotopic (exact) mass is 448 g/mol. The molecule has 0 radical (unpaired) electrons. The van der Waals surface area contributed by atoms with E-state index in [9.17, 15) is 9.59 Å². The van der Waals surface area contributed by atoms with E-state index in [1.807, 2.05) is 36.7 Å². The number of carbonyl (C=O) groups is 2. The first kappa shape index (κ1) is 22.5. The lowest BCUT2D eigenvalue weighted by atomic mass is 10.1. The second-order valence-electron chi connectivity index (χ2n) is 8.20. The van der Waals surface area contributed by atoms with Crippen molar-refractivity contribution in [2.24, 2.45) is 0 Å². The maximum Gasteiger partial charge on any atom is 0.255 e. The molecule has 2 atom stereocenters. The molecule has 2 N–H and O–H groups in total. The fraction of sp³-hybridized carbons (Fsp3) is 0.333. The van der Waals surface area contributed by atoms with Gasteiger partial charge in [-0.1, -0.05) is 6.07 Å². The molecule has 172 valence electrons. The first-order valence-corrected chi connectivity index (χ1v) is 11.0. The maximum atomic E-state index is 12.7. The molecule has 0 aliphatic carbocycles. The lowest BCUT2D eigenvalue weighted by molar-refractivity contribution is -0.116. The fourth-order valence-corrected chi connectivity index (χ4v) is 3.83. The van der Waals surface area contributed by atoms with Crippen LogP contribution in [0.25, 0.3) is 0 Å². The summed E-state index contributed by atoms with van der Waals surface area (Å²) in [5.74, 6) is 0.455. The van der Waals surface area contributed by atoms with Crippen molar-refractivity contribution in [1.82, 2.24) is 14.5 Å². The van der Waals surface area contributed by atoms with Gasteiger partial charge in [-0.3, -0.25) is 9.59 Å². The molecule has 0 spiro atoms. The van der Waals surface area contributed by atoms with E-state index in [4.69, 9.17) is 4.74 Å². The molecular formula is C24H28N6O3. The molecule has 1 fully saturated rings. The molecule has 1 aromatic carbocycles. The van der Waals surface area contributed by atoms with Crippen molar-refractivity contribution in [3.63, 3.8) is 0 Å². The summed E-state index contributed by atoms with van der Waals surface area (Å²) in [6.07, 6.45) is 7.41. The number of anilines is 3. The third-order valence-corrected chi connectivity index (χ3v) is 5.31. The molecule has 2 amide bonds. The molecule has 33 heavy (non-hydrogen) atoms. The van der Waals surface area contributed by atoms with E-state index < -0.39 is 0 Å². The number of ether oxygens (including phenoxy) is 1. The van der Waals surface area contributed by atoms with E-state index in [0.29, 0.717) is 29.9 Å². The number of aryl methyl sites for hydroxylation is 1. The lowest BCUT2D eigenvalue weighted by Crippen LogP contribution is -2.45. The standard InChI is InChI=1S/C24H28N6O3/c1-17-14-30(15-18(2)33-17)22-7-6-21(13-26-22)28-24(32)19-4-3-5-20(12-19)27-23(31)8-10-29-11-9-25-16-29/h3-7,9,11-13,16-18H,8,10,14-15H2,1-2H3,(H,27,31)(H,28,32). The van der Waals surface area contributed by atoms with Crippen LogP contribution in [-0.4, -0.2) is 51.6 Å². The number of carbonyl (C=O) groups excluding carboxylic acids is 2. The second-order valence-corrected chi connectivity index (χ2v) is 8.20. The normalized spacial score (nSPS) is 18.1. The summed E-state index contributed by atoms with van der Waals surface area (Å²) < 4.78 is 7.61. The number of morpholine rings is 1. The van der Waals surface area contributed by atoms with E-state index >= 15 is 0 Å². The van der Waals surface area contributed by atoms with Gasteiger partial charge in [0, 0.05) is 49.7 Å². The topological polar surface area (TPSA) is 101 Å². The largest absolute Gasteiger partial charge is 0.372 e. The number of rotatable bonds is 7. The van der Waals surface area contributed by atoms with E-state index in [1.54, 1.807) is 43.0 Å². The number of nitrogens with one attached hydrogen (secondary N) is 2. The smallest absolute Gasteiger partial charge is 0.255 e. The van der Waals surface area contributed by atoms with Gasteiger partial charge in [-0.25, -0.2) is 9.97 Å². The van der Waals surface area contributed by atoms with Crippen LogP contribution in [-0.2, 0) is 16.1 Å². The van der Waals surface area contributed by atoms with Gasteiger partial charge in [0.15, 0.2) is 0 Å². The highest BCUT2D eigenvalue weighted by atomic mass is 16.5. The summed E-state index contributed by atoms with van der Waals surface area (Å²) in [6.45, 7) is 6.20. The molecule has 4 rings (SSSR count). The number of imidazole rings is 1. The van der Waals surface area contributed by atoms with Crippen molar-refractivity contribution in [2.45, 2.75) is 39.0 Å². The van der Waals surface area contributed by atoms with Gasteiger partial charge in [0.25, 0.3) is 5.91 Å². The zero-order chi connectivity index (χ0) is 23.2. The third kappa shape index (κ3) is 6.17. The molecular weight excluding hydrogens is 420 g/mol. The summed E-state index contributed by atoms with van der Waals surface area (Å²) in [6, 6.07) is 10.6. The van der Waals surface area contributed by atoms with Gasteiger partial charge < -0.3 is 24.8 Å². The van der Waals surface area contributed by atoms with Crippen LogP contribution in [0, 0.1) is 0 Å². The van der Waals surface area contributed by atoms with Gasteiger partial charge in [0.1, 0.15) is 5.82 Å². The average molecular weight is 449 g/mol. The molecule has 9 heteroatoms. The van der Waals surface area contributed by atoms with E-state index in [2.05, 4.69) is 25.5 Å². The Morgan fingerprint density at radius 2 is 1.91 bits per heavy atom. The quantitative estimate of drug-likeness (QED) is 0.576. The van der Waals surface area contributed by atoms with Crippen LogP contribution in [0.15, 0.2) is 61.3 Å². The Labute approximate surface area is 192 Å². The highest BCUT2D eigenvalue weighted by Gasteiger charge is 2.23. The Hall–Kier alpha value is -3.72. The van der Waals surface area contributed by atoms with E-state index in [0.717, 1.165) is 18.9 Å². The molecule has 3 heterocycles. The molecule has 3 aromatic rings. The van der Waals surface area contributed by atoms with E-state index in [1.165, 1.54) is 0 Å². The molecule has 1 aliphatic rings. The van der Waals surface area contributed by atoms with Gasteiger partial charge >= 0.3 is 0 Å². The SMILES string of the molecule is CC1CN(c2ccc(NC(=O)c3cccc(NC(=O)CCn4ccnc4)c3)cn2)CC(C)O1. The summed E-state index contributed by atoms with van der Waals surface area (Å²) >= 11 is 0. The van der Waals surface area contributed by atoms with Crippen LogP contribution >= 0.6 is 0 Å². The van der Waals surface area contributed by atoms with Crippen molar-refractivity contribution in [2.75, 3.05) is 28.6 Å². The number of aromatic nitrogens is 3.